The molecule has 0 aliphatic rings. The van der Waals surface area contributed by atoms with Crippen LogP contribution in [0, 0.1) is 0 Å². The van der Waals surface area contributed by atoms with Gasteiger partial charge in [0.1, 0.15) is 5.03 Å². The number of aromatic carboxylic acids is 1. The van der Waals surface area contributed by atoms with Crippen LogP contribution in [0.3, 0.4) is 0 Å². The molecule has 1 rings (SSSR count). The van der Waals surface area contributed by atoms with Crippen LogP contribution in [-0.2, 0) is 0 Å². The van der Waals surface area contributed by atoms with Gasteiger partial charge in [-0.3, -0.25) is 0 Å². The average Bonchev–Trinajstić information content (AvgIpc) is 2.49. The van der Waals surface area contributed by atoms with Crippen molar-refractivity contribution in [2.75, 3.05) is 11.5 Å². The van der Waals surface area contributed by atoms with Crippen molar-refractivity contribution >= 4 is 41.0 Å². The zero-order chi connectivity index (χ0) is 10.6. The summed E-state index contributed by atoms with van der Waals surface area (Å²) < 4.78 is 4.86. The third-order valence-corrected chi connectivity index (χ3v) is 4.34. The Morgan fingerprint density at radius 2 is 2.07 bits per heavy atom. The smallest absolute Gasteiger partial charge is 0.120 e. The van der Waals surface area contributed by atoms with E-state index in [1.165, 1.54) is 35.1 Å². The van der Waals surface area contributed by atoms with Gasteiger partial charge in [0.05, 0.1) is 15.7 Å². The first-order valence-electron chi connectivity index (χ1n) is 4.17. The molecule has 0 aliphatic heterocycles. The monoisotopic (exact) mass is 248 g/mol. The molecule has 14 heavy (non-hydrogen) atoms. The standard InChI is InChI=1S/C8H11NO2S3/c1-3-12-6-5(7(10)11)8(13-4-2)14-9-6/h3-4H2,1-2H3,(H,10,11)/p-1. The summed E-state index contributed by atoms with van der Waals surface area (Å²) in [6.07, 6.45) is 0. The lowest BCUT2D eigenvalue weighted by Crippen LogP contribution is -2.23. The van der Waals surface area contributed by atoms with Gasteiger partial charge in [0.2, 0.25) is 0 Å². The first kappa shape index (κ1) is 11.9. The second-order valence-corrected chi connectivity index (χ2v) is 5.86. The molecule has 0 spiro atoms. The molecule has 0 aromatic carbocycles. The molecule has 0 amide bonds. The van der Waals surface area contributed by atoms with Crippen LogP contribution in [0.1, 0.15) is 24.2 Å². The number of carboxylic acids is 1. The summed E-state index contributed by atoms with van der Waals surface area (Å²) in [5.41, 5.74) is 0.272. The molecule has 3 nitrogen and oxygen atoms in total. The van der Waals surface area contributed by atoms with Gasteiger partial charge in [0, 0.05) is 0 Å². The maximum absolute atomic E-state index is 10.9. The molecule has 0 saturated heterocycles. The van der Waals surface area contributed by atoms with Gasteiger partial charge in [-0.15, -0.1) is 23.5 Å². The van der Waals surface area contributed by atoms with E-state index in [9.17, 15) is 9.90 Å². The van der Waals surface area contributed by atoms with Crippen molar-refractivity contribution in [3.63, 3.8) is 0 Å². The van der Waals surface area contributed by atoms with E-state index in [1.54, 1.807) is 0 Å². The van der Waals surface area contributed by atoms with Crippen LogP contribution in [0.25, 0.3) is 0 Å². The highest BCUT2D eigenvalue weighted by Gasteiger charge is 2.14. The maximum Gasteiger partial charge on any atom is 0.120 e. The van der Waals surface area contributed by atoms with Crippen molar-refractivity contribution in [2.24, 2.45) is 0 Å². The molecule has 0 saturated carbocycles. The predicted molar refractivity (Wildman–Crippen MR) is 59.2 cm³/mol. The maximum atomic E-state index is 10.9. The molecule has 0 aliphatic carbocycles. The van der Waals surface area contributed by atoms with E-state index >= 15 is 0 Å². The van der Waals surface area contributed by atoms with Gasteiger partial charge in [-0.2, -0.15) is 4.37 Å². The number of aromatic nitrogens is 1. The zero-order valence-electron chi connectivity index (χ0n) is 7.90. The Bertz CT molecular complexity index is 301. The van der Waals surface area contributed by atoms with E-state index in [4.69, 9.17) is 0 Å². The lowest BCUT2D eigenvalue weighted by Gasteiger charge is -2.04. The molecule has 0 atom stereocenters. The molecule has 0 N–H and O–H groups in total. The molecule has 6 heteroatoms. The molecule has 1 aromatic heterocycles. The Morgan fingerprint density at radius 1 is 1.43 bits per heavy atom. The largest absolute Gasteiger partial charge is 0.545 e. The first-order chi connectivity index (χ1) is 6.70. The average molecular weight is 248 g/mol. The Morgan fingerprint density at radius 3 is 2.57 bits per heavy atom. The van der Waals surface area contributed by atoms with Gasteiger partial charge in [-0.25, -0.2) is 0 Å². The minimum absolute atomic E-state index is 0.272. The topological polar surface area (TPSA) is 53.0 Å². The molecule has 0 unspecified atom stereocenters. The Balaban J connectivity index is 3.00. The number of rotatable bonds is 5. The molecule has 78 valence electrons. The predicted octanol–water partition coefficient (Wildman–Crippen LogP) is 1.73. The Hall–Kier alpha value is -0.200. The minimum atomic E-state index is -1.12. The van der Waals surface area contributed by atoms with Crippen molar-refractivity contribution in [3.05, 3.63) is 5.56 Å². The van der Waals surface area contributed by atoms with Crippen molar-refractivity contribution in [1.29, 1.82) is 0 Å². The summed E-state index contributed by atoms with van der Waals surface area (Å²) in [6.45, 7) is 3.95. The van der Waals surface area contributed by atoms with Crippen molar-refractivity contribution in [1.82, 2.24) is 4.37 Å². The Labute approximate surface area is 95.5 Å². The van der Waals surface area contributed by atoms with E-state index < -0.39 is 5.97 Å². The van der Waals surface area contributed by atoms with Crippen LogP contribution in [0.4, 0.5) is 0 Å². The number of carbonyl (C=O) groups is 1. The van der Waals surface area contributed by atoms with E-state index in [-0.39, 0.29) is 5.56 Å². The molecule has 0 bridgehead atoms. The summed E-state index contributed by atoms with van der Waals surface area (Å²) in [4.78, 5) is 10.9. The fourth-order valence-electron chi connectivity index (χ4n) is 0.897. The summed E-state index contributed by atoms with van der Waals surface area (Å²) in [5, 5.41) is 11.5. The minimum Gasteiger partial charge on any atom is -0.545 e. The first-order valence-corrected chi connectivity index (χ1v) is 6.91. The van der Waals surface area contributed by atoms with Gasteiger partial charge < -0.3 is 9.90 Å². The third-order valence-electron chi connectivity index (χ3n) is 1.39. The molecule has 1 aromatic rings. The number of carbonyl (C=O) groups excluding carboxylic acids is 1. The van der Waals surface area contributed by atoms with Crippen LogP contribution in [-0.4, -0.2) is 21.8 Å². The molecule has 0 radical (unpaired) electrons. The third kappa shape index (κ3) is 2.65. The Kier molecular flexibility index (Phi) is 4.77. The summed E-state index contributed by atoms with van der Waals surface area (Å²) in [6, 6.07) is 0. The van der Waals surface area contributed by atoms with Gasteiger partial charge in [0.15, 0.2) is 0 Å². The number of thioether (sulfide) groups is 2. The second-order valence-electron chi connectivity index (χ2n) is 2.30. The van der Waals surface area contributed by atoms with Gasteiger partial charge in [-0.1, -0.05) is 13.8 Å². The fourth-order valence-corrected chi connectivity index (χ4v) is 3.74. The van der Waals surface area contributed by atoms with E-state index in [0.717, 1.165) is 15.7 Å². The lowest BCUT2D eigenvalue weighted by atomic mass is 10.4. The van der Waals surface area contributed by atoms with Crippen LogP contribution in [0.5, 0.6) is 0 Å². The second kappa shape index (κ2) is 5.63. The highest BCUT2D eigenvalue weighted by atomic mass is 32.2. The number of carboxylic acid groups (broad SMARTS) is 1. The number of nitrogens with zero attached hydrogens (tertiary/aromatic N) is 1. The quantitative estimate of drug-likeness (QED) is 0.743. The molecule has 1 heterocycles. The lowest BCUT2D eigenvalue weighted by molar-refractivity contribution is -0.255. The molecule has 0 fully saturated rings. The van der Waals surface area contributed by atoms with Crippen molar-refractivity contribution < 1.29 is 9.90 Å². The highest BCUT2D eigenvalue weighted by molar-refractivity contribution is 8.01. The fraction of sp³-hybridized carbons (Fsp3) is 0.500. The van der Waals surface area contributed by atoms with Gasteiger partial charge in [0.25, 0.3) is 0 Å². The number of hydrogen-bond donors (Lipinski definition) is 0. The molecular weight excluding hydrogens is 238 g/mol. The van der Waals surface area contributed by atoms with Crippen LogP contribution in [0.2, 0.25) is 0 Å². The molecular formula is C8H10NO2S3-. The zero-order valence-corrected chi connectivity index (χ0v) is 10.4. The normalized spacial score (nSPS) is 10.4. The SMILES string of the molecule is CCSc1nsc(SCC)c1C(=O)[O-]. The number of hydrogen-bond acceptors (Lipinski definition) is 6. The van der Waals surface area contributed by atoms with Crippen LogP contribution >= 0.6 is 35.1 Å². The van der Waals surface area contributed by atoms with Gasteiger partial charge >= 0.3 is 0 Å². The van der Waals surface area contributed by atoms with E-state index in [0.29, 0.717) is 5.03 Å². The summed E-state index contributed by atoms with van der Waals surface area (Å²) in [5.74, 6) is 0.546. The van der Waals surface area contributed by atoms with Crippen molar-refractivity contribution in [2.45, 2.75) is 23.1 Å². The van der Waals surface area contributed by atoms with E-state index in [1.807, 2.05) is 13.8 Å². The van der Waals surface area contributed by atoms with Crippen LogP contribution in [0.15, 0.2) is 9.24 Å². The van der Waals surface area contributed by atoms with Crippen LogP contribution < -0.4 is 5.11 Å². The van der Waals surface area contributed by atoms with E-state index in [2.05, 4.69) is 4.37 Å². The van der Waals surface area contributed by atoms with Gasteiger partial charge in [-0.05, 0) is 23.0 Å². The van der Waals surface area contributed by atoms with Crippen molar-refractivity contribution in [3.8, 4) is 0 Å². The summed E-state index contributed by atoms with van der Waals surface area (Å²) >= 11 is 4.18. The highest BCUT2D eigenvalue weighted by Crippen LogP contribution is 2.33. The summed E-state index contributed by atoms with van der Waals surface area (Å²) in [7, 11) is 0.